The Morgan fingerprint density at radius 2 is 1.92 bits per heavy atom. The molecule has 0 saturated carbocycles. The first-order chi connectivity index (χ1) is 5.45. The van der Waals surface area contributed by atoms with Crippen LogP contribution in [0.15, 0.2) is 4.42 Å². The van der Waals surface area contributed by atoms with Crippen LogP contribution >= 0.6 is 0 Å². The van der Waals surface area contributed by atoms with Gasteiger partial charge in [0.1, 0.15) is 5.76 Å². The molecule has 1 heterocycles. The highest BCUT2D eigenvalue weighted by atomic mass is 16.4. The van der Waals surface area contributed by atoms with Crippen molar-refractivity contribution >= 4 is 0 Å². The van der Waals surface area contributed by atoms with Crippen molar-refractivity contribution in [2.75, 3.05) is 0 Å². The van der Waals surface area contributed by atoms with E-state index < -0.39 is 0 Å². The highest BCUT2D eigenvalue weighted by Gasteiger charge is 2.22. The van der Waals surface area contributed by atoms with E-state index in [1.807, 2.05) is 6.92 Å². The Balaban J connectivity index is 3.13. The standard InChI is InChI=1S/C10H17NO/c1-6-8-9(10(3,4)5)12-7(2)11-8/h6H2,1-5H3. The summed E-state index contributed by atoms with van der Waals surface area (Å²) in [4.78, 5) is 4.33. The Kier molecular flexibility index (Phi) is 2.27. The summed E-state index contributed by atoms with van der Waals surface area (Å²) in [5.41, 5.74) is 1.17. The summed E-state index contributed by atoms with van der Waals surface area (Å²) in [6.07, 6.45) is 0.948. The number of oxazole rings is 1. The van der Waals surface area contributed by atoms with Crippen LogP contribution in [0.25, 0.3) is 0 Å². The van der Waals surface area contributed by atoms with E-state index in [2.05, 4.69) is 32.7 Å². The SMILES string of the molecule is CCc1nc(C)oc1C(C)(C)C. The number of hydrogen-bond acceptors (Lipinski definition) is 2. The first-order valence-corrected chi connectivity index (χ1v) is 4.42. The fraction of sp³-hybridized carbons (Fsp3) is 0.700. The van der Waals surface area contributed by atoms with Gasteiger partial charge in [-0.05, 0) is 6.42 Å². The smallest absolute Gasteiger partial charge is 0.191 e. The predicted molar refractivity (Wildman–Crippen MR) is 49.3 cm³/mol. The predicted octanol–water partition coefficient (Wildman–Crippen LogP) is 2.84. The molecule has 0 atom stereocenters. The highest BCUT2D eigenvalue weighted by Crippen LogP contribution is 2.26. The first-order valence-electron chi connectivity index (χ1n) is 4.42. The van der Waals surface area contributed by atoms with Gasteiger partial charge in [0, 0.05) is 12.3 Å². The zero-order valence-corrected chi connectivity index (χ0v) is 8.56. The second-order valence-electron chi connectivity index (χ2n) is 4.11. The molecule has 1 aromatic heterocycles. The van der Waals surface area contributed by atoms with Crippen LogP contribution in [0.5, 0.6) is 0 Å². The van der Waals surface area contributed by atoms with Crippen molar-refractivity contribution in [2.45, 2.75) is 46.5 Å². The highest BCUT2D eigenvalue weighted by molar-refractivity contribution is 5.17. The zero-order chi connectivity index (χ0) is 9.35. The van der Waals surface area contributed by atoms with Gasteiger partial charge in [-0.3, -0.25) is 0 Å². The van der Waals surface area contributed by atoms with Crippen LogP contribution in [0.3, 0.4) is 0 Å². The van der Waals surface area contributed by atoms with E-state index in [9.17, 15) is 0 Å². The average Bonchev–Trinajstić information content (AvgIpc) is 2.29. The van der Waals surface area contributed by atoms with E-state index in [0.29, 0.717) is 0 Å². The molecule has 0 aliphatic carbocycles. The molecule has 68 valence electrons. The topological polar surface area (TPSA) is 26.0 Å². The van der Waals surface area contributed by atoms with E-state index in [1.54, 1.807) is 0 Å². The normalized spacial score (nSPS) is 12.1. The Morgan fingerprint density at radius 1 is 1.33 bits per heavy atom. The van der Waals surface area contributed by atoms with Crippen molar-refractivity contribution in [1.29, 1.82) is 0 Å². The lowest BCUT2D eigenvalue weighted by atomic mass is 9.91. The van der Waals surface area contributed by atoms with Gasteiger partial charge in [0.2, 0.25) is 0 Å². The van der Waals surface area contributed by atoms with Crippen LogP contribution in [0.2, 0.25) is 0 Å². The lowest BCUT2D eigenvalue weighted by molar-refractivity contribution is 0.389. The third-order valence-corrected chi connectivity index (χ3v) is 1.82. The molecule has 0 aromatic carbocycles. The van der Waals surface area contributed by atoms with Gasteiger partial charge in [0.25, 0.3) is 0 Å². The van der Waals surface area contributed by atoms with E-state index in [1.165, 1.54) is 0 Å². The number of hydrogen-bond donors (Lipinski definition) is 0. The minimum absolute atomic E-state index is 0.0760. The Morgan fingerprint density at radius 3 is 2.25 bits per heavy atom. The molecular formula is C10H17NO. The largest absolute Gasteiger partial charge is 0.445 e. The molecule has 0 bridgehead atoms. The van der Waals surface area contributed by atoms with Crippen molar-refractivity contribution in [3.8, 4) is 0 Å². The van der Waals surface area contributed by atoms with Crippen LogP contribution in [0.1, 0.15) is 45.0 Å². The molecule has 0 spiro atoms. The van der Waals surface area contributed by atoms with Gasteiger partial charge in [-0.2, -0.15) is 0 Å². The summed E-state index contributed by atoms with van der Waals surface area (Å²) >= 11 is 0. The molecule has 1 aromatic rings. The van der Waals surface area contributed by atoms with Gasteiger partial charge >= 0.3 is 0 Å². The Hall–Kier alpha value is -0.790. The molecule has 1 rings (SSSR count). The van der Waals surface area contributed by atoms with Gasteiger partial charge in [-0.15, -0.1) is 0 Å². The van der Waals surface area contributed by atoms with Crippen LogP contribution in [-0.4, -0.2) is 4.98 Å². The van der Waals surface area contributed by atoms with Crippen LogP contribution in [-0.2, 0) is 11.8 Å². The minimum atomic E-state index is 0.0760. The molecule has 0 fully saturated rings. The average molecular weight is 167 g/mol. The second-order valence-corrected chi connectivity index (χ2v) is 4.11. The van der Waals surface area contributed by atoms with Crippen molar-refractivity contribution in [1.82, 2.24) is 4.98 Å². The molecule has 0 aliphatic heterocycles. The molecule has 12 heavy (non-hydrogen) atoms. The first kappa shape index (κ1) is 9.30. The van der Waals surface area contributed by atoms with E-state index >= 15 is 0 Å². The van der Waals surface area contributed by atoms with Gasteiger partial charge in [-0.25, -0.2) is 4.98 Å². The molecule has 0 radical (unpaired) electrons. The summed E-state index contributed by atoms with van der Waals surface area (Å²) in [6.45, 7) is 10.4. The van der Waals surface area contributed by atoms with Crippen molar-refractivity contribution in [2.24, 2.45) is 0 Å². The monoisotopic (exact) mass is 167 g/mol. The Bertz CT molecular complexity index is 268. The lowest BCUT2D eigenvalue weighted by Gasteiger charge is -2.15. The number of aromatic nitrogens is 1. The summed E-state index contributed by atoms with van der Waals surface area (Å²) in [6, 6.07) is 0. The van der Waals surface area contributed by atoms with E-state index in [4.69, 9.17) is 4.42 Å². The van der Waals surface area contributed by atoms with Gasteiger partial charge in [-0.1, -0.05) is 27.7 Å². The fourth-order valence-electron chi connectivity index (χ4n) is 1.30. The van der Waals surface area contributed by atoms with Gasteiger partial charge in [0.05, 0.1) is 5.69 Å². The lowest BCUT2D eigenvalue weighted by Crippen LogP contribution is -2.12. The molecule has 0 aliphatic rings. The quantitative estimate of drug-likeness (QED) is 0.642. The number of nitrogens with zero attached hydrogens (tertiary/aromatic N) is 1. The van der Waals surface area contributed by atoms with Crippen molar-refractivity contribution in [3.05, 3.63) is 17.3 Å². The maximum absolute atomic E-state index is 5.56. The molecule has 0 saturated heterocycles. The maximum Gasteiger partial charge on any atom is 0.191 e. The third kappa shape index (κ3) is 1.68. The molecule has 0 amide bonds. The maximum atomic E-state index is 5.56. The minimum Gasteiger partial charge on any atom is -0.445 e. The van der Waals surface area contributed by atoms with Gasteiger partial charge < -0.3 is 4.42 Å². The number of aryl methyl sites for hydroxylation is 2. The van der Waals surface area contributed by atoms with Crippen LogP contribution in [0.4, 0.5) is 0 Å². The van der Waals surface area contributed by atoms with Crippen LogP contribution in [0, 0.1) is 6.92 Å². The Labute approximate surface area is 74.0 Å². The second kappa shape index (κ2) is 2.92. The van der Waals surface area contributed by atoms with Crippen molar-refractivity contribution in [3.63, 3.8) is 0 Å². The van der Waals surface area contributed by atoms with Crippen LogP contribution < -0.4 is 0 Å². The summed E-state index contributed by atoms with van der Waals surface area (Å²) < 4.78 is 5.56. The van der Waals surface area contributed by atoms with E-state index in [-0.39, 0.29) is 5.41 Å². The molecule has 2 nitrogen and oxygen atoms in total. The summed E-state index contributed by atoms with van der Waals surface area (Å²) in [5, 5.41) is 0. The van der Waals surface area contributed by atoms with Gasteiger partial charge in [0.15, 0.2) is 5.89 Å². The van der Waals surface area contributed by atoms with E-state index in [0.717, 1.165) is 23.8 Å². The zero-order valence-electron chi connectivity index (χ0n) is 8.56. The summed E-state index contributed by atoms with van der Waals surface area (Å²) in [7, 11) is 0. The summed E-state index contributed by atoms with van der Waals surface area (Å²) in [5.74, 6) is 1.80. The molecule has 0 unspecified atom stereocenters. The molecule has 2 heteroatoms. The molecule has 0 N–H and O–H groups in total. The van der Waals surface area contributed by atoms with Crippen molar-refractivity contribution < 1.29 is 4.42 Å². The third-order valence-electron chi connectivity index (χ3n) is 1.82. The fourth-order valence-corrected chi connectivity index (χ4v) is 1.30. The molecular weight excluding hydrogens is 150 g/mol. The number of rotatable bonds is 1.